The first kappa shape index (κ1) is 10.3. The van der Waals surface area contributed by atoms with Crippen LogP contribution >= 0.6 is 0 Å². The van der Waals surface area contributed by atoms with Gasteiger partial charge in [0.25, 0.3) is 0 Å². The van der Waals surface area contributed by atoms with Gasteiger partial charge in [-0.2, -0.15) is 0 Å². The van der Waals surface area contributed by atoms with Crippen LogP contribution in [0, 0.1) is 0 Å². The lowest BCUT2D eigenvalue weighted by molar-refractivity contribution is -0.0419. The molecule has 0 amide bonds. The van der Waals surface area contributed by atoms with Crippen molar-refractivity contribution in [3.63, 3.8) is 0 Å². The minimum Gasteiger partial charge on any atom is -0.394 e. The van der Waals surface area contributed by atoms with Crippen LogP contribution in [0.15, 0.2) is 24.4 Å². The third kappa shape index (κ3) is 2.86. The van der Waals surface area contributed by atoms with Crippen molar-refractivity contribution in [2.45, 2.75) is 13.0 Å². The molecular weight excluding hydrogens is 166 g/mol. The number of morpholine rings is 1. The molecule has 0 radical (unpaired) electrons. The molecule has 74 valence electrons. The Morgan fingerprint density at radius 1 is 1.77 bits per heavy atom. The largest absolute Gasteiger partial charge is 0.394 e. The molecule has 1 aliphatic rings. The van der Waals surface area contributed by atoms with E-state index < -0.39 is 0 Å². The quantitative estimate of drug-likeness (QED) is 0.656. The van der Waals surface area contributed by atoms with Crippen LogP contribution in [0.5, 0.6) is 0 Å². The van der Waals surface area contributed by atoms with Gasteiger partial charge in [-0.05, 0) is 13.0 Å². The van der Waals surface area contributed by atoms with Crippen molar-refractivity contribution in [1.29, 1.82) is 0 Å². The molecule has 1 saturated heterocycles. The van der Waals surface area contributed by atoms with Crippen LogP contribution < -0.4 is 0 Å². The Morgan fingerprint density at radius 3 is 3.15 bits per heavy atom. The molecule has 0 bridgehead atoms. The van der Waals surface area contributed by atoms with Crippen LogP contribution in [0.3, 0.4) is 0 Å². The van der Waals surface area contributed by atoms with Gasteiger partial charge in [-0.15, -0.1) is 0 Å². The fourth-order valence-electron chi connectivity index (χ4n) is 1.39. The zero-order valence-corrected chi connectivity index (χ0v) is 8.07. The van der Waals surface area contributed by atoms with Gasteiger partial charge in [0, 0.05) is 18.8 Å². The van der Waals surface area contributed by atoms with Crippen LogP contribution in [0.2, 0.25) is 0 Å². The number of rotatable bonds is 3. The maximum Gasteiger partial charge on any atom is 0.0980 e. The highest BCUT2D eigenvalue weighted by molar-refractivity contribution is 5.13. The Kier molecular flexibility index (Phi) is 3.99. The van der Waals surface area contributed by atoms with Crippen molar-refractivity contribution < 1.29 is 9.84 Å². The number of aliphatic hydroxyl groups is 1. The van der Waals surface area contributed by atoms with Gasteiger partial charge in [-0.1, -0.05) is 12.7 Å². The normalized spacial score (nSPS) is 23.8. The molecule has 0 aromatic heterocycles. The third-order valence-electron chi connectivity index (χ3n) is 2.11. The summed E-state index contributed by atoms with van der Waals surface area (Å²) in [6.07, 6.45) is 3.88. The molecule has 0 aliphatic carbocycles. The fraction of sp³-hybridized carbons (Fsp3) is 0.600. The van der Waals surface area contributed by atoms with Crippen LogP contribution in [0.1, 0.15) is 6.92 Å². The van der Waals surface area contributed by atoms with Gasteiger partial charge in [0.15, 0.2) is 0 Å². The van der Waals surface area contributed by atoms with E-state index in [0.717, 1.165) is 18.8 Å². The molecular formula is C10H17NO2. The number of nitrogens with zero attached hydrogens (tertiary/aromatic N) is 1. The van der Waals surface area contributed by atoms with E-state index in [2.05, 4.69) is 11.5 Å². The van der Waals surface area contributed by atoms with Gasteiger partial charge in [0.1, 0.15) is 0 Å². The lowest BCUT2D eigenvalue weighted by Gasteiger charge is -2.33. The van der Waals surface area contributed by atoms with E-state index in [-0.39, 0.29) is 12.7 Å². The zero-order valence-electron chi connectivity index (χ0n) is 8.07. The standard InChI is InChI=1S/C10H17NO2/c1-3-4-9(2)11-5-6-13-10(7-11)8-12/h3-4,10,12H,2,5-8H2,1H3/b4-3-. The van der Waals surface area contributed by atoms with E-state index in [0.29, 0.717) is 6.61 Å². The average molecular weight is 183 g/mol. The molecule has 1 heterocycles. The maximum atomic E-state index is 8.92. The Labute approximate surface area is 79.3 Å². The lowest BCUT2D eigenvalue weighted by atomic mass is 10.2. The van der Waals surface area contributed by atoms with Crippen LogP contribution in [-0.4, -0.2) is 42.4 Å². The van der Waals surface area contributed by atoms with E-state index >= 15 is 0 Å². The number of hydrogen-bond donors (Lipinski definition) is 1. The number of hydrogen-bond acceptors (Lipinski definition) is 3. The second kappa shape index (κ2) is 5.04. The summed E-state index contributed by atoms with van der Waals surface area (Å²) in [4.78, 5) is 2.13. The summed E-state index contributed by atoms with van der Waals surface area (Å²) in [5.41, 5.74) is 0.990. The average Bonchev–Trinajstić information content (AvgIpc) is 2.18. The molecule has 1 rings (SSSR count). The van der Waals surface area contributed by atoms with Gasteiger partial charge in [-0.3, -0.25) is 0 Å². The van der Waals surface area contributed by atoms with E-state index in [1.54, 1.807) is 0 Å². The van der Waals surface area contributed by atoms with E-state index in [4.69, 9.17) is 9.84 Å². The lowest BCUT2D eigenvalue weighted by Crippen LogP contribution is -2.42. The van der Waals surface area contributed by atoms with Crippen molar-refractivity contribution in [3.8, 4) is 0 Å². The smallest absolute Gasteiger partial charge is 0.0980 e. The summed E-state index contributed by atoms with van der Waals surface area (Å²) in [5.74, 6) is 0. The predicted molar refractivity (Wildman–Crippen MR) is 52.4 cm³/mol. The fourth-order valence-corrected chi connectivity index (χ4v) is 1.39. The Morgan fingerprint density at radius 2 is 2.54 bits per heavy atom. The number of aliphatic hydroxyl groups excluding tert-OH is 1. The minimum atomic E-state index is -0.0595. The van der Waals surface area contributed by atoms with Crippen molar-refractivity contribution in [3.05, 3.63) is 24.4 Å². The molecule has 3 nitrogen and oxygen atoms in total. The molecule has 13 heavy (non-hydrogen) atoms. The summed E-state index contributed by atoms with van der Waals surface area (Å²) in [6.45, 7) is 8.25. The van der Waals surface area contributed by atoms with Crippen molar-refractivity contribution >= 4 is 0 Å². The zero-order chi connectivity index (χ0) is 9.68. The third-order valence-corrected chi connectivity index (χ3v) is 2.11. The summed E-state index contributed by atoms with van der Waals surface area (Å²) >= 11 is 0. The highest BCUT2D eigenvalue weighted by Crippen LogP contribution is 2.10. The Balaban J connectivity index is 2.46. The molecule has 0 spiro atoms. The van der Waals surface area contributed by atoms with E-state index in [9.17, 15) is 0 Å². The summed E-state index contributed by atoms with van der Waals surface area (Å²) < 4.78 is 5.33. The van der Waals surface area contributed by atoms with Crippen molar-refractivity contribution in [1.82, 2.24) is 4.90 Å². The molecule has 3 heteroatoms. The first-order valence-corrected chi connectivity index (χ1v) is 4.57. The summed E-state index contributed by atoms with van der Waals surface area (Å²) in [6, 6.07) is 0. The summed E-state index contributed by atoms with van der Waals surface area (Å²) in [7, 11) is 0. The Bertz CT molecular complexity index is 201. The molecule has 0 aromatic carbocycles. The van der Waals surface area contributed by atoms with Crippen LogP contribution in [0.4, 0.5) is 0 Å². The minimum absolute atomic E-state index is 0.0595. The maximum absolute atomic E-state index is 8.92. The topological polar surface area (TPSA) is 32.7 Å². The second-order valence-corrected chi connectivity index (χ2v) is 3.11. The molecule has 1 fully saturated rings. The molecule has 1 atom stereocenters. The van der Waals surface area contributed by atoms with Gasteiger partial charge in [0.2, 0.25) is 0 Å². The van der Waals surface area contributed by atoms with E-state index in [1.807, 2.05) is 19.1 Å². The van der Waals surface area contributed by atoms with Crippen molar-refractivity contribution in [2.75, 3.05) is 26.3 Å². The molecule has 0 saturated carbocycles. The molecule has 0 aromatic rings. The van der Waals surface area contributed by atoms with Gasteiger partial charge in [0.05, 0.1) is 19.3 Å². The van der Waals surface area contributed by atoms with Crippen molar-refractivity contribution in [2.24, 2.45) is 0 Å². The SMILES string of the molecule is C=C(/C=C\C)N1CCOC(CO)C1. The highest BCUT2D eigenvalue weighted by Gasteiger charge is 2.19. The van der Waals surface area contributed by atoms with Gasteiger partial charge >= 0.3 is 0 Å². The van der Waals surface area contributed by atoms with Crippen LogP contribution in [-0.2, 0) is 4.74 Å². The second-order valence-electron chi connectivity index (χ2n) is 3.11. The van der Waals surface area contributed by atoms with Gasteiger partial charge < -0.3 is 14.7 Å². The first-order chi connectivity index (χ1) is 6.27. The monoisotopic (exact) mass is 183 g/mol. The molecule has 1 N–H and O–H groups in total. The first-order valence-electron chi connectivity index (χ1n) is 4.57. The number of ether oxygens (including phenoxy) is 1. The highest BCUT2D eigenvalue weighted by atomic mass is 16.5. The summed E-state index contributed by atoms with van der Waals surface area (Å²) in [5, 5.41) is 8.92. The van der Waals surface area contributed by atoms with Gasteiger partial charge in [-0.25, -0.2) is 0 Å². The van der Waals surface area contributed by atoms with E-state index in [1.165, 1.54) is 0 Å². The number of allylic oxidation sites excluding steroid dienone is 2. The Hall–Kier alpha value is -0.800. The predicted octanol–water partition coefficient (Wildman–Crippen LogP) is 0.769. The molecule has 1 aliphatic heterocycles. The molecule has 1 unspecified atom stereocenters. The van der Waals surface area contributed by atoms with Crippen LogP contribution in [0.25, 0.3) is 0 Å².